The fraction of sp³-hybridized carbons (Fsp3) is 0.812. The SMILES string of the molecule is CC1CN(C(=O)CN2CCC(c3nncn3C)CC2)CC(C)O1. The summed E-state index contributed by atoms with van der Waals surface area (Å²) in [6.45, 7) is 7.88. The van der Waals surface area contributed by atoms with Crippen molar-refractivity contribution in [2.45, 2.75) is 44.8 Å². The maximum Gasteiger partial charge on any atom is 0.236 e. The highest BCUT2D eigenvalue weighted by atomic mass is 16.5. The summed E-state index contributed by atoms with van der Waals surface area (Å²) in [6.07, 6.45) is 4.09. The van der Waals surface area contributed by atoms with Gasteiger partial charge in [0, 0.05) is 26.1 Å². The van der Waals surface area contributed by atoms with E-state index < -0.39 is 0 Å². The maximum atomic E-state index is 12.5. The largest absolute Gasteiger partial charge is 0.372 e. The van der Waals surface area contributed by atoms with Gasteiger partial charge in [0.25, 0.3) is 0 Å². The smallest absolute Gasteiger partial charge is 0.236 e. The molecule has 3 rings (SSSR count). The van der Waals surface area contributed by atoms with E-state index in [-0.39, 0.29) is 18.1 Å². The van der Waals surface area contributed by atoms with Gasteiger partial charge >= 0.3 is 0 Å². The van der Waals surface area contributed by atoms with Crippen molar-refractivity contribution in [2.75, 3.05) is 32.7 Å². The molecule has 2 saturated heterocycles. The van der Waals surface area contributed by atoms with Gasteiger partial charge in [-0.1, -0.05) is 0 Å². The lowest BCUT2D eigenvalue weighted by Crippen LogP contribution is -2.51. The molecule has 0 saturated carbocycles. The Kier molecular flexibility index (Phi) is 4.96. The lowest BCUT2D eigenvalue weighted by molar-refractivity contribution is -0.144. The number of amides is 1. The Morgan fingerprint density at radius 3 is 2.48 bits per heavy atom. The fourth-order valence-electron chi connectivity index (χ4n) is 3.68. The average molecular weight is 321 g/mol. The third-order valence-corrected chi connectivity index (χ3v) is 4.83. The molecule has 3 heterocycles. The van der Waals surface area contributed by atoms with E-state index in [0.29, 0.717) is 25.6 Å². The van der Waals surface area contributed by atoms with Crippen LogP contribution in [0.5, 0.6) is 0 Å². The normalized spacial score (nSPS) is 27.3. The highest BCUT2D eigenvalue weighted by Crippen LogP contribution is 2.26. The van der Waals surface area contributed by atoms with Crippen molar-refractivity contribution in [3.8, 4) is 0 Å². The van der Waals surface area contributed by atoms with Gasteiger partial charge in [0.05, 0.1) is 18.8 Å². The zero-order valence-corrected chi connectivity index (χ0v) is 14.3. The van der Waals surface area contributed by atoms with Crippen molar-refractivity contribution in [3.05, 3.63) is 12.2 Å². The van der Waals surface area contributed by atoms with Crippen LogP contribution in [-0.4, -0.2) is 75.4 Å². The molecule has 2 aliphatic rings. The van der Waals surface area contributed by atoms with Crippen LogP contribution in [0.2, 0.25) is 0 Å². The molecule has 2 fully saturated rings. The number of aryl methyl sites for hydroxylation is 1. The minimum atomic E-state index is 0.129. The standard InChI is InChI=1S/C16H27N5O2/c1-12-8-21(9-13(2)23-12)15(22)10-20-6-4-14(5-7-20)16-18-17-11-19(16)3/h11-14H,4-10H2,1-3H3. The molecule has 2 atom stereocenters. The van der Waals surface area contributed by atoms with Gasteiger partial charge in [-0.3, -0.25) is 9.69 Å². The number of hydrogen-bond donors (Lipinski definition) is 0. The summed E-state index contributed by atoms with van der Waals surface area (Å²) in [5, 5.41) is 8.19. The summed E-state index contributed by atoms with van der Waals surface area (Å²) in [5.74, 6) is 1.74. The first-order valence-electron chi connectivity index (χ1n) is 8.52. The van der Waals surface area contributed by atoms with E-state index in [9.17, 15) is 4.79 Å². The molecule has 2 aliphatic heterocycles. The maximum absolute atomic E-state index is 12.5. The Balaban J connectivity index is 1.49. The van der Waals surface area contributed by atoms with E-state index in [1.165, 1.54) is 0 Å². The highest BCUT2D eigenvalue weighted by Gasteiger charge is 2.29. The second kappa shape index (κ2) is 6.97. The van der Waals surface area contributed by atoms with Crippen molar-refractivity contribution in [1.29, 1.82) is 0 Å². The number of piperidine rings is 1. The van der Waals surface area contributed by atoms with Crippen molar-refractivity contribution in [3.63, 3.8) is 0 Å². The molecule has 128 valence electrons. The second-order valence-corrected chi connectivity index (χ2v) is 6.91. The van der Waals surface area contributed by atoms with Gasteiger partial charge < -0.3 is 14.2 Å². The van der Waals surface area contributed by atoms with E-state index in [1.807, 2.05) is 30.4 Å². The molecule has 0 spiro atoms. The number of carbonyl (C=O) groups excluding carboxylic acids is 1. The fourth-order valence-corrected chi connectivity index (χ4v) is 3.68. The number of likely N-dealkylation sites (tertiary alicyclic amines) is 1. The van der Waals surface area contributed by atoms with Crippen LogP contribution in [0.1, 0.15) is 38.4 Å². The third-order valence-electron chi connectivity index (χ3n) is 4.83. The van der Waals surface area contributed by atoms with E-state index in [1.54, 1.807) is 6.33 Å². The minimum Gasteiger partial charge on any atom is -0.372 e. The van der Waals surface area contributed by atoms with Gasteiger partial charge in [-0.15, -0.1) is 10.2 Å². The Labute approximate surface area is 137 Å². The van der Waals surface area contributed by atoms with Crippen LogP contribution in [0.25, 0.3) is 0 Å². The minimum absolute atomic E-state index is 0.129. The zero-order chi connectivity index (χ0) is 16.4. The summed E-state index contributed by atoms with van der Waals surface area (Å²) in [5.41, 5.74) is 0. The monoisotopic (exact) mass is 321 g/mol. The van der Waals surface area contributed by atoms with Gasteiger partial charge in [-0.2, -0.15) is 0 Å². The van der Waals surface area contributed by atoms with E-state index in [2.05, 4.69) is 15.1 Å². The van der Waals surface area contributed by atoms with Crippen molar-refractivity contribution in [2.24, 2.45) is 7.05 Å². The number of carbonyl (C=O) groups is 1. The Hall–Kier alpha value is -1.47. The van der Waals surface area contributed by atoms with Crippen LogP contribution >= 0.6 is 0 Å². The summed E-state index contributed by atoms with van der Waals surface area (Å²) in [4.78, 5) is 16.7. The molecule has 2 unspecified atom stereocenters. The van der Waals surface area contributed by atoms with Gasteiger partial charge in [0.1, 0.15) is 12.2 Å². The summed E-state index contributed by atoms with van der Waals surface area (Å²) in [6, 6.07) is 0. The number of aromatic nitrogens is 3. The molecule has 1 aromatic heterocycles. The molecule has 0 radical (unpaired) electrons. The number of rotatable bonds is 3. The van der Waals surface area contributed by atoms with Crippen LogP contribution in [-0.2, 0) is 16.6 Å². The number of ether oxygens (including phenoxy) is 1. The predicted molar refractivity (Wildman–Crippen MR) is 86.0 cm³/mol. The van der Waals surface area contributed by atoms with Crippen LogP contribution in [0.3, 0.4) is 0 Å². The average Bonchev–Trinajstić information content (AvgIpc) is 2.93. The number of hydrogen-bond acceptors (Lipinski definition) is 5. The van der Waals surface area contributed by atoms with Crippen LogP contribution in [0, 0.1) is 0 Å². The molecule has 1 aromatic rings. The Morgan fingerprint density at radius 2 is 1.91 bits per heavy atom. The Bertz CT molecular complexity index is 528. The zero-order valence-electron chi connectivity index (χ0n) is 14.3. The molecular weight excluding hydrogens is 294 g/mol. The molecule has 0 aromatic carbocycles. The Morgan fingerprint density at radius 1 is 1.26 bits per heavy atom. The van der Waals surface area contributed by atoms with E-state index in [4.69, 9.17) is 4.74 Å². The molecular formula is C16H27N5O2. The molecule has 0 bridgehead atoms. The van der Waals surface area contributed by atoms with Crippen molar-refractivity contribution in [1.82, 2.24) is 24.6 Å². The first kappa shape index (κ1) is 16.4. The van der Waals surface area contributed by atoms with Crippen LogP contribution in [0.4, 0.5) is 0 Å². The highest BCUT2D eigenvalue weighted by molar-refractivity contribution is 5.78. The third kappa shape index (κ3) is 3.90. The van der Waals surface area contributed by atoms with Crippen LogP contribution in [0.15, 0.2) is 6.33 Å². The number of morpholine rings is 1. The topological polar surface area (TPSA) is 63.5 Å². The van der Waals surface area contributed by atoms with Crippen molar-refractivity contribution < 1.29 is 9.53 Å². The molecule has 1 amide bonds. The lowest BCUT2D eigenvalue weighted by Gasteiger charge is -2.37. The van der Waals surface area contributed by atoms with Gasteiger partial charge in [0.15, 0.2) is 0 Å². The quantitative estimate of drug-likeness (QED) is 0.817. The van der Waals surface area contributed by atoms with E-state index >= 15 is 0 Å². The lowest BCUT2D eigenvalue weighted by atomic mass is 9.96. The van der Waals surface area contributed by atoms with Crippen LogP contribution < -0.4 is 0 Å². The molecule has 7 heteroatoms. The van der Waals surface area contributed by atoms with Gasteiger partial charge in [0.2, 0.25) is 5.91 Å². The predicted octanol–water partition coefficient (Wildman–Crippen LogP) is 0.630. The number of nitrogens with zero attached hydrogens (tertiary/aromatic N) is 5. The van der Waals surface area contributed by atoms with E-state index in [0.717, 1.165) is 31.8 Å². The second-order valence-electron chi connectivity index (χ2n) is 6.91. The molecule has 0 aliphatic carbocycles. The first-order chi connectivity index (χ1) is 11.0. The summed E-state index contributed by atoms with van der Waals surface area (Å²) in [7, 11) is 1.99. The molecule has 23 heavy (non-hydrogen) atoms. The summed E-state index contributed by atoms with van der Waals surface area (Å²) >= 11 is 0. The van der Waals surface area contributed by atoms with Gasteiger partial charge in [-0.05, 0) is 39.8 Å². The molecule has 7 nitrogen and oxygen atoms in total. The van der Waals surface area contributed by atoms with Gasteiger partial charge in [-0.25, -0.2) is 0 Å². The van der Waals surface area contributed by atoms with Crippen molar-refractivity contribution >= 4 is 5.91 Å². The molecule has 0 N–H and O–H groups in total. The summed E-state index contributed by atoms with van der Waals surface area (Å²) < 4.78 is 7.70. The first-order valence-corrected chi connectivity index (χ1v) is 8.52.